The van der Waals surface area contributed by atoms with Crippen LogP contribution in [0.15, 0.2) is 107 Å². The molecule has 0 aliphatic carbocycles. The van der Waals surface area contributed by atoms with Gasteiger partial charge in [0.25, 0.3) is 11.8 Å². The highest BCUT2D eigenvalue weighted by Gasteiger charge is 2.36. The fourth-order valence-electron chi connectivity index (χ4n) is 5.68. The summed E-state index contributed by atoms with van der Waals surface area (Å²) in [7, 11) is 4.75. The highest BCUT2D eigenvalue weighted by atomic mass is 32.2. The molecule has 256 valence electrons. The molecule has 2 heterocycles. The lowest BCUT2D eigenvalue weighted by molar-refractivity contribution is -0.130. The molecule has 1 aliphatic rings. The molecular formula is C37H35FN6O5S. The van der Waals surface area contributed by atoms with Gasteiger partial charge in [-0.15, -0.1) is 10.2 Å². The number of nitrogens with one attached hydrogen (secondary N) is 1. The molecule has 1 atom stereocenters. The van der Waals surface area contributed by atoms with Crippen LogP contribution >= 0.6 is 11.8 Å². The lowest BCUT2D eigenvalue weighted by Gasteiger charge is -2.24. The van der Waals surface area contributed by atoms with Gasteiger partial charge in [0.05, 0.1) is 51.9 Å². The minimum absolute atomic E-state index is 0.00471. The second-order valence-corrected chi connectivity index (χ2v) is 12.2. The van der Waals surface area contributed by atoms with Crippen LogP contribution in [-0.4, -0.2) is 64.4 Å². The Balaban J connectivity index is 1.26. The molecule has 1 N–H and O–H groups in total. The summed E-state index contributed by atoms with van der Waals surface area (Å²) in [6.07, 6.45) is 0.450. The number of hydrazone groups is 1. The van der Waals surface area contributed by atoms with E-state index < -0.39 is 17.8 Å². The highest BCUT2D eigenvalue weighted by molar-refractivity contribution is 7.99. The van der Waals surface area contributed by atoms with Gasteiger partial charge < -0.3 is 24.1 Å². The van der Waals surface area contributed by atoms with Crippen molar-refractivity contribution in [2.75, 3.05) is 27.1 Å². The van der Waals surface area contributed by atoms with Gasteiger partial charge >= 0.3 is 0 Å². The van der Waals surface area contributed by atoms with E-state index in [1.54, 1.807) is 21.3 Å². The van der Waals surface area contributed by atoms with Gasteiger partial charge in [-0.05, 0) is 59.7 Å². The molecule has 0 unspecified atom stereocenters. The number of benzene rings is 4. The third kappa shape index (κ3) is 7.62. The zero-order valence-corrected chi connectivity index (χ0v) is 28.5. The van der Waals surface area contributed by atoms with Crippen LogP contribution in [-0.2, 0) is 17.9 Å². The second kappa shape index (κ2) is 15.7. The lowest BCUT2D eigenvalue weighted by Crippen LogP contribution is -2.29. The number of aromatic nitrogens is 3. The number of ether oxygens (including phenoxy) is 3. The molecule has 6 rings (SSSR count). The van der Waals surface area contributed by atoms with Crippen LogP contribution in [0.5, 0.6) is 17.2 Å². The first-order valence-corrected chi connectivity index (χ1v) is 16.7. The van der Waals surface area contributed by atoms with Crippen LogP contribution in [0, 0.1) is 5.82 Å². The molecule has 0 bridgehead atoms. The van der Waals surface area contributed by atoms with Gasteiger partial charge in [-0.2, -0.15) is 5.10 Å². The molecule has 50 heavy (non-hydrogen) atoms. The van der Waals surface area contributed by atoms with Gasteiger partial charge in [-0.3, -0.25) is 9.59 Å². The SMILES string of the molecule is COc1ccc(C2=NN(C(=O)CSc3nnc(CNC(=O)c4cccc(F)c4)n3Cc3ccccc3)[C@@H](c3cccc(OC)c3OC)C2)cc1. The normalized spacial score (nSPS) is 13.9. The van der Waals surface area contributed by atoms with E-state index >= 15 is 0 Å². The van der Waals surface area contributed by atoms with Gasteiger partial charge in [0.2, 0.25) is 0 Å². The van der Waals surface area contributed by atoms with E-state index in [-0.39, 0.29) is 23.8 Å². The number of carbonyl (C=O) groups excluding carboxylic acids is 2. The fourth-order valence-corrected chi connectivity index (χ4v) is 6.49. The van der Waals surface area contributed by atoms with Crippen LogP contribution in [0.4, 0.5) is 4.39 Å². The van der Waals surface area contributed by atoms with Crippen molar-refractivity contribution in [1.82, 2.24) is 25.1 Å². The third-order valence-corrected chi connectivity index (χ3v) is 9.13. The second-order valence-electron chi connectivity index (χ2n) is 11.3. The summed E-state index contributed by atoms with van der Waals surface area (Å²) in [5.41, 5.74) is 3.55. The topological polar surface area (TPSA) is 120 Å². The minimum atomic E-state index is -0.501. The smallest absolute Gasteiger partial charge is 0.253 e. The zero-order valence-electron chi connectivity index (χ0n) is 27.7. The summed E-state index contributed by atoms with van der Waals surface area (Å²) < 4.78 is 32.2. The number of carbonyl (C=O) groups is 2. The van der Waals surface area contributed by atoms with Crippen molar-refractivity contribution in [3.63, 3.8) is 0 Å². The molecular weight excluding hydrogens is 660 g/mol. The maximum Gasteiger partial charge on any atom is 0.253 e. The van der Waals surface area contributed by atoms with Crippen molar-refractivity contribution in [1.29, 1.82) is 0 Å². The first kappa shape index (κ1) is 34.2. The van der Waals surface area contributed by atoms with E-state index in [4.69, 9.17) is 19.3 Å². The predicted octanol–water partition coefficient (Wildman–Crippen LogP) is 5.89. The molecule has 5 aromatic rings. The Bertz CT molecular complexity index is 2000. The summed E-state index contributed by atoms with van der Waals surface area (Å²) >= 11 is 1.23. The molecule has 0 spiro atoms. The molecule has 4 aromatic carbocycles. The molecule has 13 heteroatoms. The monoisotopic (exact) mass is 694 g/mol. The van der Waals surface area contributed by atoms with E-state index in [0.29, 0.717) is 35.4 Å². The Morgan fingerprint density at radius 3 is 2.40 bits per heavy atom. The number of nitrogens with zero attached hydrogens (tertiary/aromatic N) is 5. The summed E-state index contributed by atoms with van der Waals surface area (Å²) in [6, 6.07) is 27.9. The quantitative estimate of drug-likeness (QED) is 0.152. The van der Waals surface area contributed by atoms with Crippen molar-refractivity contribution < 1.29 is 28.2 Å². The maximum absolute atomic E-state index is 14.1. The molecule has 0 fully saturated rings. The average molecular weight is 695 g/mol. The number of hydrogen-bond donors (Lipinski definition) is 1. The van der Waals surface area contributed by atoms with E-state index in [0.717, 1.165) is 28.2 Å². The summed E-state index contributed by atoms with van der Waals surface area (Å²) in [5.74, 6) is 1.10. The van der Waals surface area contributed by atoms with Crippen LogP contribution in [0.25, 0.3) is 0 Å². The Morgan fingerprint density at radius 1 is 0.900 bits per heavy atom. The number of halogens is 1. The largest absolute Gasteiger partial charge is 0.497 e. The Labute approximate surface area is 293 Å². The Morgan fingerprint density at radius 2 is 1.68 bits per heavy atom. The average Bonchev–Trinajstić information content (AvgIpc) is 3.77. The first-order valence-electron chi connectivity index (χ1n) is 15.8. The number of thioether (sulfide) groups is 1. The van der Waals surface area contributed by atoms with Crippen molar-refractivity contribution in [2.45, 2.75) is 30.7 Å². The minimum Gasteiger partial charge on any atom is -0.497 e. The summed E-state index contributed by atoms with van der Waals surface area (Å²) in [4.78, 5) is 26.8. The van der Waals surface area contributed by atoms with E-state index in [9.17, 15) is 14.0 Å². The highest BCUT2D eigenvalue weighted by Crippen LogP contribution is 2.42. The summed E-state index contributed by atoms with van der Waals surface area (Å²) in [6.45, 7) is 0.450. The van der Waals surface area contributed by atoms with Crippen LogP contribution < -0.4 is 19.5 Å². The number of rotatable bonds is 13. The standard InChI is InChI=1S/C37H35FN6O5S/c1-47-28-17-15-25(16-18-28)30-20-31(29-13-8-14-32(48-2)35(29)49-3)44(42-30)34(45)23-50-37-41-40-33(43(37)22-24-9-5-4-6-10-24)21-39-36(46)26-11-7-12-27(38)19-26/h4-19,31H,20-23H2,1-3H3,(H,39,46)/t31-/m1/s1. The van der Waals surface area contributed by atoms with Crippen molar-refractivity contribution in [2.24, 2.45) is 5.10 Å². The predicted molar refractivity (Wildman–Crippen MR) is 187 cm³/mol. The van der Waals surface area contributed by atoms with E-state index in [1.807, 2.05) is 77.4 Å². The zero-order chi connectivity index (χ0) is 35.0. The Hall–Kier alpha value is -5.69. The van der Waals surface area contributed by atoms with Crippen molar-refractivity contribution in [3.05, 3.63) is 131 Å². The van der Waals surface area contributed by atoms with Crippen molar-refractivity contribution >= 4 is 29.3 Å². The molecule has 1 aliphatic heterocycles. The lowest BCUT2D eigenvalue weighted by atomic mass is 9.97. The number of amides is 2. The molecule has 0 saturated carbocycles. The Kier molecular flexibility index (Phi) is 10.7. The number of hydrogen-bond acceptors (Lipinski definition) is 9. The number of para-hydroxylation sites is 1. The third-order valence-electron chi connectivity index (χ3n) is 8.18. The van der Waals surface area contributed by atoms with Gasteiger partial charge in [0.15, 0.2) is 22.5 Å². The van der Waals surface area contributed by atoms with Gasteiger partial charge in [0.1, 0.15) is 11.6 Å². The summed E-state index contributed by atoms with van der Waals surface area (Å²) in [5, 5.41) is 18.4. The molecule has 0 saturated heterocycles. The molecule has 1 aromatic heterocycles. The van der Waals surface area contributed by atoms with Gasteiger partial charge in [0, 0.05) is 17.5 Å². The first-order chi connectivity index (χ1) is 24.4. The van der Waals surface area contributed by atoms with E-state index in [2.05, 4.69) is 15.5 Å². The molecule has 0 radical (unpaired) electrons. The number of methoxy groups -OCH3 is 3. The van der Waals surface area contributed by atoms with Crippen LogP contribution in [0.2, 0.25) is 0 Å². The van der Waals surface area contributed by atoms with Crippen LogP contribution in [0.3, 0.4) is 0 Å². The van der Waals surface area contributed by atoms with Gasteiger partial charge in [-0.25, -0.2) is 9.40 Å². The van der Waals surface area contributed by atoms with Gasteiger partial charge in [-0.1, -0.05) is 60.3 Å². The van der Waals surface area contributed by atoms with Crippen LogP contribution in [0.1, 0.15) is 45.3 Å². The molecule has 11 nitrogen and oxygen atoms in total. The molecule has 2 amide bonds. The maximum atomic E-state index is 14.1. The van der Waals surface area contributed by atoms with Crippen molar-refractivity contribution in [3.8, 4) is 17.2 Å². The fraction of sp³-hybridized carbons (Fsp3) is 0.216. The van der Waals surface area contributed by atoms with E-state index in [1.165, 1.54) is 41.0 Å².